The number of aryl methyl sites for hydroxylation is 1. The van der Waals surface area contributed by atoms with E-state index in [4.69, 9.17) is 11.6 Å². The number of benzene rings is 1. The van der Waals surface area contributed by atoms with Gasteiger partial charge in [0.1, 0.15) is 0 Å². The van der Waals surface area contributed by atoms with E-state index in [9.17, 15) is 0 Å². The highest BCUT2D eigenvalue weighted by Crippen LogP contribution is 2.30. The summed E-state index contributed by atoms with van der Waals surface area (Å²) in [6.07, 6.45) is 3.06. The van der Waals surface area contributed by atoms with Gasteiger partial charge in [0.25, 0.3) is 0 Å². The minimum absolute atomic E-state index is 0.903. The number of hydrogen-bond donors (Lipinski definition) is 0. The predicted octanol–water partition coefficient (Wildman–Crippen LogP) is 3.13. The van der Waals surface area contributed by atoms with Crippen LogP contribution < -0.4 is 0 Å². The summed E-state index contributed by atoms with van der Waals surface area (Å²) in [6.45, 7) is 2.10. The molecular weight excluding hydrogens is 156 g/mol. The van der Waals surface area contributed by atoms with Gasteiger partial charge in [0.05, 0.1) is 0 Å². The molecule has 0 aliphatic heterocycles. The summed E-state index contributed by atoms with van der Waals surface area (Å²) in [7, 11) is 0. The molecule has 0 radical (unpaired) electrons. The third kappa shape index (κ3) is 1.08. The van der Waals surface area contributed by atoms with Crippen LogP contribution in [0.4, 0.5) is 0 Å². The van der Waals surface area contributed by atoms with Crippen molar-refractivity contribution in [2.75, 3.05) is 0 Å². The fourth-order valence-electron chi connectivity index (χ4n) is 1.43. The van der Waals surface area contributed by atoms with Crippen LogP contribution in [0.2, 0.25) is 0 Å². The first-order chi connectivity index (χ1) is 5.27. The topological polar surface area (TPSA) is 0 Å². The van der Waals surface area contributed by atoms with E-state index in [-0.39, 0.29) is 0 Å². The number of halogens is 1. The smallest absolute Gasteiger partial charge is 0.0444 e. The molecule has 0 heterocycles. The Labute approximate surface area is 71.5 Å². The van der Waals surface area contributed by atoms with Crippen molar-refractivity contribution in [1.82, 2.24) is 0 Å². The van der Waals surface area contributed by atoms with Crippen molar-refractivity contribution >= 4 is 16.6 Å². The van der Waals surface area contributed by atoms with Gasteiger partial charge in [-0.1, -0.05) is 41.4 Å². The zero-order chi connectivity index (χ0) is 7.84. The van der Waals surface area contributed by atoms with Crippen LogP contribution in [0, 0.1) is 6.92 Å². The maximum absolute atomic E-state index is 5.96. The second kappa shape index (κ2) is 2.38. The molecule has 0 spiro atoms. The van der Waals surface area contributed by atoms with Crippen molar-refractivity contribution in [2.24, 2.45) is 0 Å². The molecule has 1 heteroatoms. The maximum Gasteiger partial charge on any atom is 0.0444 e. The molecule has 0 nitrogen and oxygen atoms in total. The summed E-state index contributed by atoms with van der Waals surface area (Å²) < 4.78 is 0. The SMILES string of the molecule is Cc1ccc2c(c1)CC=C2Cl. The standard InChI is InChI=1S/C10H9Cl/c1-7-2-4-9-8(6-7)3-5-10(9)11/h2,4-6H,3H2,1H3. The van der Waals surface area contributed by atoms with Crippen molar-refractivity contribution in [2.45, 2.75) is 13.3 Å². The average molecular weight is 165 g/mol. The van der Waals surface area contributed by atoms with Crippen LogP contribution in [-0.2, 0) is 6.42 Å². The van der Waals surface area contributed by atoms with Gasteiger partial charge in [0.2, 0.25) is 0 Å². The van der Waals surface area contributed by atoms with Crippen LogP contribution in [-0.4, -0.2) is 0 Å². The molecule has 0 amide bonds. The third-order valence-electron chi connectivity index (χ3n) is 2.02. The summed E-state index contributed by atoms with van der Waals surface area (Å²) in [5.41, 5.74) is 3.87. The van der Waals surface area contributed by atoms with Crippen LogP contribution in [0.3, 0.4) is 0 Å². The molecule has 1 aliphatic rings. The minimum Gasteiger partial charge on any atom is -0.0840 e. The summed E-state index contributed by atoms with van der Waals surface area (Å²) in [5, 5.41) is 0.903. The van der Waals surface area contributed by atoms with E-state index in [1.807, 2.05) is 0 Å². The van der Waals surface area contributed by atoms with Crippen LogP contribution in [0.15, 0.2) is 24.3 Å². The first-order valence-corrected chi connectivity index (χ1v) is 4.11. The third-order valence-corrected chi connectivity index (χ3v) is 2.38. The van der Waals surface area contributed by atoms with Gasteiger partial charge in [-0.05, 0) is 24.5 Å². The van der Waals surface area contributed by atoms with Crippen LogP contribution >= 0.6 is 11.6 Å². The monoisotopic (exact) mass is 164 g/mol. The van der Waals surface area contributed by atoms with E-state index in [1.54, 1.807) is 0 Å². The van der Waals surface area contributed by atoms with Gasteiger partial charge in [0.15, 0.2) is 0 Å². The summed E-state index contributed by atoms with van der Waals surface area (Å²) in [5.74, 6) is 0. The largest absolute Gasteiger partial charge is 0.0840 e. The van der Waals surface area contributed by atoms with E-state index in [1.165, 1.54) is 16.7 Å². The lowest BCUT2D eigenvalue weighted by atomic mass is 10.1. The van der Waals surface area contributed by atoms with Crippen molar-refractivity contribution in [1.29, 1.82) is 0 Å². The van der Waals surface area contributed by atoms with Gasteiger partial charge in [-0.2, -0.15) is 0 Å². The first kappa shape index (κ1) is 6.93. The van der Waals surface area contributed by atoms with E-state index < -0.39 is 0 Å². The van der Waals surface area contributed by atoms with Gasteiger partial charge >= 0.3 is 0 Å². The Morgan fingerprint density at radius 2 is 2.18 bits per heavy atom. The fraction of sp³-hybridized carbons (Fsp3) is 0.200. The lowest BCUT2D eigenvalue weighted by Gasteiger charge is -2.00. The first-order valence-electron chi connectivity index (χ1n) is 3.73. The zero-order valence-corrected chi connectivity index (χ0v) is 7.15. The zero-order valence-electron chi connectivity index (χ0n) is 6.39. The van der Waals surface area contributed by atoms with E-state index in [2.05, 4.69) is 31.2 Å². The molecule has 0 N–H and O–H groups in total. The molecule has 0 saturated heterocycles. The molecule has 1 aromatic rings. The highest BCUT2D eigenvalue weighted by atomic mass is 35.5. The van der Waals surface area contributed by atoms with Gasteiger partial charge in [-0.15, -0.1) is 0 Å². The molecule has 1 aromatic carbocycles. The Morgan fingerprint density at radius 3 is 3.00 bits per heavy atom. The molecule has 0 bridgehead atoms. The average Bonchev–Trinajstić information content (AvgIpc) is 2.32. The Hall–Kier alpha value is -0.750. The molecule has 0 atom stereocenters. The summed E-state index contributed by atoms with van der Waals surface area (Å²) in [6, 6.07) is 6.39. The number of hydrogen-bond acceptors (Lipinski definition) is 0. The van der Waals surface area contributed by atoms with Crippen molar-refractivity contribution in [3.05, 3.63) is 41.0 Å². The van der Waals surface area contributed by atoms with Gasteiger partial charge in [-0.25, -0.2) is 0 Å². The van der Waals surface area contributed by atoms with Crippen molar-refractivity contribution in [3.8, 4) is 0 Å². The lowest BCUT2D eigenvalue weighted by Crippen LogP contribution is -1.82. The van der Waals surface area contributed by atoms with Gasteiger partial charge in [0, 0.05) is 5.03 Å². The fourth-order valence-corrected chi connectivity index (χ4v) is 1.70. The Kier molecular flexibility index (Phi) is 1.50. The van der Waals surface area contributed by atoms with Crippen molar-refractivity contribution < 1.29 is 0 Å². The molecular formula is C10H9Cl. The lowest BCUT2D eigenvalue weighted by molar-refractivity contribution is 1.28. The van der Waals surface area contributed by atoms with Gasteiger partial charge in [-0.3, -0.25) is 0 Å². The number of rotatable bonds is 0. The minimum atomic E-state index is 0.903. The molecule has 2 rings (SSSR count). The summed E-state index contributed by atoms with van der Waals surface area (Å²) in [4.78, 5) is 0. The number of allylic oxidation sites excluding steroid dienone is 1. The molecule has 0 aromatic heterocycles. The van der Waals surface area contributed by atoms with Gasteiger partial charge < -0.3 is 0 Å². The molecule has 0 fully saturated rings. The van der Waals surface area contributed by atoms with E-state index in [0.717, 1.165) is 11.5 Å². The predicted molar refractivity (Wildman–Crippen MR) is 48.7 cm³/mol. The van der Waals surface area contributed by atoms with Crippen LogP contribution in [0.1, 0.15) is 16.7 Å². The Morgan fingerprint density at radius 1 is 1.36 bits per heavy atom. The van der Waals surface area contributed by atoms with Crippen LogP contribution in [0.5, 0.6) is 0 Å². The Bertz CT molecular complexity index is 324. The van der Waals surface area contributed by atoms with E-state index in [0.29, 0.717) is 0 Å². The summed E-state index contributed by atoms with van der Waals surface area (Å²) >= 11 is 5.96. The highest BCUT2D eigenvalue weighted by Gasteiger charge is 2.10. The quantitative estimate of drug-likeness (QED) is 0.553. The maximum atomic E-state index is 5.96. The number of fused-ring (bicyclic) bond motifs is 1. The Balaban J connectivity index is 2.58. The van der Waals surface area contributed by atoms with Crippen molar-refractivity contribution in [3.63, 3.8) is 0 Å². The molecule has 56 valence electrons. The molecule has 11 heavy (non-hydrogen) atoms. The second-order valence-electron chi connectivity index (χ2n) is 2.92. The van der Waals surface area contributed by atoms with Crippen LogP contribution in [0.25, 0.3) is 5.03 Å². The second-order valence-corrected chi connectivity index (χ2v) is 3.32. The molecule has 0 unspecified atom stereocenters. The molecule has 1 aliphatic carbocycles. The highest BCUT2D eigenvalue weighted by molar-refractivity contribution is 6.49. The molecule has 0 saturated carbocycles. The van der Waals surface area contributed by atoms with E-state index >= 15 is 0 Å². The normalized spacial score (nSPS) is 14.5.